The van der Waals surface area contributed by atoms with E-state index in [4.69, 9.17) is 9.78 Å². The van der Waals surface area contributed by atoms with Crippen LogP contribution in [0.5, 0.6) is 0 Å². The van der Waals surface area contributed by atoms with Gasteiger partial charge in [0.1, 0.15) is 0 Å². The average Bonchev–Trinajstić information content (AvgIpc) is 3.38. The van der Waals surface area contributed by atoms with Gasteiger partial charge in [0, 0.05) is 25.2 Å². The van der Waals surface area contributed by atoms with Crippen molar-refractivity contribution in [3.05, 3.63) is 70.9 Å². The lowest BCUT2D eigenvalue weighted by Crippen LogP contribution is -2.23. The molecule has 3 N–H and O–H groups in total. The van der Waals surface area contributed by atoms with Crippen molar-refractivity contribution in [1.29, 1.82) is 5.26 Å². The minimum absolute atomic E-state index is 0.0331. The summed E-state index contributed by atoms with van der Waals surface area (Å²) in [6, 6.07) is 10.8. The molecule has 0 fully saturated rings. The predicted molar refractivity (Wildman–Crippen MR) is 146 cm³/mol. The Bertz CT molecular complexity index is 1840. The number of halogens is 3. The van der Waals surface area contributed by atoms with E-state index in [0.717, 1.165) is 42.3 Å². The van der Waals surface area contributed by atoms with E-state index in [2.05, 4.69) is 20.5 Å². The molecule has 1 heterocycles. The number of carbonyl (C=O) groups excluding carboxylic acids is 3. The van der Waals surface area contributed by atoms with Gasteiger partial charge in [-0.3, -0.25) is 14.9 Å². The number of nitriles is 1. The highest BCUT2D eigenvalue weighted by Gasteiger charge is 2.35. The number of hydrogen-bond donors (Lipinski definition) is 3. The van der Waals surface area contributed by atoms with Gasteiger partial charge < -0.3 is 24.6 Å². The first-order valence-electron chi connectivity index (χ1n) is 12.1. The highest BCUT2D eigenvalue weighted by molar-refractivity contribution is 6.14. The van der Waals surface area contributed by atoms with Gasteiger partial charge in [-0.05, 0) is 48.0 Å². The quantitative estimate of drug-likeness (QED) is 0.260. The van der Waals surface area contributed by atoms with Gasteiger partial charge in [-0.1, -0.05) is 11.2 Å². The molecule has 4 aromatic rings. The second kappa shape index (κ2) is 11.5. The number of rotatable bonds is 6. The van der Waals surface area contributed by atoms with Crippen LogP contribution in [0, 0.1) is 11.3 Å². The number of alkyl halides is 3. The van der Waals surface area contributed by atoms with Crippen molar-refractivity contribution in [1.82, 2.24) is 5.16 Å². The minimum atomic E-state index is -4.89. The number of aromatic carboxylic acids is 1. The van der Waals surface area contributed by atoms with Gasteiger partial charge in [-0.2, -0.15) is 18.4 Å². The zero-order chi connectivity index (χ0) is 31.6. The van der Waals surface area contributed by atoms with Crippen molar-refractivity contribution in [3.8, 4) is 17.2 Å². The van der Waals surface area contributed by atoms with E-state index < -0.39 is 41.2 Å². The van der Waals surface area contributed by atoms with Crippen LogP contribution in [0.1, 0.15) is 38.9 Å². The Labute approximate surface area is 240 Å². The number of nitrogens with zero attached hydrogens (tertiary/aromatic N) is 3. The summed E-state index contributed by atoms with van der Waals surface area (Å²) in [7, 11) is 2.35. The van der Waals surface area contributed by atoms with Crippen molar-refractivity contribution in [2.45, 2.75) is 13.1 Å². The van der Waals surface area contributed by atoms with Gasteiger partial charge in [-0.15, -0.1) is 0 Å². The Morgan fingerprint density at radius 1 is 1.02 bits per heavy atom. The van der Waals surface area contributed by atoms with Crippen molar-refractivity contribution >= 4 is 51.9 Å². The van der Waals surface area contributed by atoms with Crippen molar-refractivity contribution in [3.63, 3.8) is 0 Å². The molecule has 0 saturated heterocycles. The molecule has 0 bridgehead atoms. The summed E-state index contributed by atoms with van der Waals surface area (Å²) >= 11 is 0. The number of methoxy groups -OCH3 is 1. The van der Waals surface area contributed by atoms with Gasteiger partial charge in [0.2, 0.25) is 5.91 Å². The van der Waals surface area contributed by atoms with E-state index >= 15 is 0 Å². The van der Waals surface area contributed by atoms with Gasteiger partial charge >= 0.3 is 18.2 Å². The molecule has 0 aliphatic carbocycles. The van der Waals surface area contributed by atoms with Crippen molar-refractivity contribution < 1.29 is 46.7 Å². The zero-order valence-electron chi connectivity index (χ0n) is 22.5. The lowest BCUT2D eigenvalue weighted by atomic mass is 9.95. The van der Waals surface area contributed by atoms with Crippen LogP contribution < -0.4 is 15.5 Å². The number of carbonyl (C=O) groups is 4. The van der Waals surface area contributed by atoms with Gasteiger partial charge in [0.05, 0.1) is 46.6 Å². The lowest BCUT2D eigenvalue weighted by Gasteiger charge is -2.21. The molecular formula is C28H20F3N5O7. The van der Waals surface area contributed by atoms with E-state index in [9.17, 15) is 37.5 Å². The molecule has 3 amide bonds. The molecule has 0 saturated carbocycles. The maximum atomic E-state index is 14.2. The summed E-state index contributed by atoms with van der Waals surface area (Å²) in [5, 5.41) is 26.9. The van der Waals surface area contributed by atoms with E-state index in [-0.39, 0.29) is 50.4 Å². The fourth-order valence-electron chi connectivity index (χ4n) is 4.11. The molecule has 3 aromatic carbocycles. The molecule has 220 valence electrons. The minimum Gasteiger partial charge on any atom is -0.478 e. The van der Waals surface area contributed by atoms with E-state index in [1.54, 1.807) is 6.07 Å². The normalized spacial score (nSPS) is 11.0. The first-order valence-corrected chi connectivity index (χ1v) is 12.1. The molecule has 15 heteroatoms. The van der Waals surface area contributed by atoms with Gasteiger partial charge in [-0.25, -0.2) is 9.59 Å². The topological polar surface area (TPSA) is 175 Å². The zero-order valence-corrected chi connectivity index (χ0v) is 22.5. The number of carboxylic acids is 1. The third-order valence-corrected chi connectivity index (χ3v) is 6.33. The van der Waals surface area contributed by atoms with Crippen molar-refractivity contribution in [2.75, 3.05) is 29.7 Å². The fourth-order valence-corrected chi connectivity index (χ4v) is 4.11. The van der Waals surface area contributed by atoms with Crippen LogP contribution in [0.3, 0.4) is 0 Å². The second-order valence-corrected chi connectivity index (χ2v) is 8.98. The maximum absolute atomic E-state index is 14.2. The Kier molecular flexibility index (Phi) is 8.06. The van der Waals surface area contributed by atoms with Crippen LogP contribution in [-0.2, 0) is 15.7 Å². The summed E-state index contributed by atoms with van der Waals surface area (Å²) in [6.07, 6.45) is -5.93. The van der Waals surface area contributed by atoms with Crippen LogP contribution in [0.2, 0.25) is 0 Å². The number of hydrogen-bond acceptors (Lipinski definition) is 8. The number of anilines is 3. The third kappa shape index (κ3) is 6.07. The Morgan fingerprint density at radius 3 is 2.35 bits per heavy atom. The third-order valence-electron chi connectivity index (χ3n) is 6.33. The number of ether oxygens (including phenoxy) is 1. The summed E-state index contributed by atoms with van der Waals surface area (Å²) in [5.41, 5.74) is -2.99. The van der Waals surface area contributed by atoms with Gasteiger partial charge in [0.25, 0.3) is 5.91 Å². The molecule has 1 aromatic heterocycles. The number of aromatic nitrogens is 1. The lowest BCUT2D eigenvalue weighted by molar-refractivity contribution is -0.137. The monoisotopic (exact) mass is 595 g/mol. The SMILES string of the molecule is COC(=O)Nc1cc2c(C(=O)Nc3ccc(C#N)cc3C(=O)O)noc2cc1-c1ccc(N(C)C(C)=O)cc1C(F)(F)F. The molecule has 4 rings (SSSR count). The summed E-state index contributed by atoms with van der Waals surface area (Å²) in [5.74, 6) is -2.87. The first kappa shape index (κ1) is 30.1. The van der Waals surface area contributed by atoms with E-state index in [1.165, 1.54) is 32.2 Å². The van der Waals surface area contributed by atoms with E-state index in [0.29, 0.717) is 0 Å². The Balaban J connectivity index is 1.86. The summed E-state index contributed by atoms with van der Waals surface area (Å²) in [6.45, 7) is 1.19. The molecule has 12 nitrogen and oxygen atoms in total. The van der Waals surface area contributed by atoms with Crippen LogP contribution in [-0.4, -0.2) is 48.3 Å². The highest BCUT2D eigenvalue weighted by Crippen LogP contribution is 2.43. The molecule has 43 heavy (non-hydrogen) atoms. The Hall–Kier alpha value is -5.91. The van der Waals surface area contributed by atoms with Crippen LogP contribution in [0.25, 0.3) is 22.1 Å². The number of nitrogens with one attached hydrogen (secondary N) is 2. The average molecular weight is 595 g/mol. The molecule has 0 spiro atoms. The van der Waals surface area contributed by atoms with Crippen molar-refractivity contribution in [2.24, 2.45) is 0 Å². The number of fused-ring (bicyclic) bond motifs is 1. The molecular weight excluding hydrogens is 575 g/mol. The van der Waals surface area contributed by atoms with Gasteiger partial charge in [0.15, 0.2) is 11.3 Å². The Morgan fingerprint density at radius 2 is 1.74 bits per heavy atom. The summed E-state index contributed by atoms with van der Waals surface area (Å²) < 4.78 is 52.6. The maximum Gasteiger partial charge on any atom is 0.417 e. The molecule has 0 atom stereocenters. The number of carboxylic acid groups (broad SMARTS) is 1. The molecule has 0 aliphatic heterocycles. The highest BCUT2D eigenvalue weighted by atomic mass is 19.4. The van der Waals surface area contributed by atoms with E-state index in [1.807, 2.05) is 0 Å². The van der Waals surface area contributed by atoms with Crippen LogP contribution in [0.15, 0.2) is 53.1 Å². The molecule has 0 unspecified atom stereocenters. The first-order chi connectivity index (χ1) is 20.2. The van der Waals surface area contributed by atoms with Crippen LogP contribution in [0.4, 0.5) is 35.0 Å². The molecule has 0 aliphatic rings. The fraction of sp³-hybridized carbons (Fsp3) is 0.143. The predicted octanol–water partition coefficient (Wildman–Crippen LogP) is 5.50. The number of amides is 3. The summed E-state index contributed by atoms with van der Waals surface area (Å²) in [4.78, 5) is 49.7. The smallest absolute Gasteiger partial charge is 0.417 e. The largest absolute Gasteiger partial charge is 0.478 e. The van der Waals surface area contributed by atoms with Crippen LogP contribution >= 0.6 is 0 Å². The molecule has 0 radical (unpaired) electrons. The standard InChI is InChI=1S/C28H20F3N5O7/c1-13(37)36(2)15-5-6-16(20(9-15)28(29,30)31)17-11-23-19(10-22(17)34-27(41)42-3)24(35-43-23)25(38)33-21-7-4-14(12-32)8-18(21)26(39)40/h4-11H,1-3H3,(H,33,38)(H,34,41)(H,39,40). The second-order valence-electron chi connectivity index (χ2n) is 8.98. The number of benzene rings is 3.